The molecule has 20 heavy (non-hydrogen) atoms. The van der Waals surface area contributed by atoms with Crippen LogP contribution in [0.25, 0.3) is 0 Å². The SMILES string of the molecule is CC(C)Cc1ccc(CN2C[C@H]3CC[C@@H](C2)C(=O)N3)s1. The molecule has 1 amide bonds. The van der Waals surface area contributed by atoms with Crippen molar-refractivity contribution in [2.24, 2.45) is 11.8 Å². The molecule has 0 saturated carbocycles. The molecule has 0 radical (unpaired) electrons. The third-order valence-electron chi connectivity index (χ3n) is 4.24. The largest absolute Gasteiger partial charge is 0.352 e. The van der Waals surface area contributed by atoms with Gasteiger partial charge in [-0.05, 0) is 37.3 Å². The number of thiophene rings is 1. The summed E-state index contributed by atoms with van der Waals surface area (Å²) in [6.07, 6.45) is 3.39. The van der Waals surface area contributed by atoms with E-state index in [1.807, 2.05) is 11.3 Å². The van der Waals surface area contributed by atoms with Crippen LogP contribution in [0.4, 0.5) is 0 Å². The van der Waals surface area contributed by atoms with Gasteiger partial charge >= 0.3 is 0 Å². The third-order valence-corrected chi connectivity index (χ3v) is 5.34. The lowest BCUT2D eigenvalue weighted by Gasteiger charge is -2.23. The monoisotopic (exact) mass is 292 g/mol. The van der Waals surface area contributed by atoms with Crippen molar-refractivity contribution in [3.63, 3.8) is 0 Å². The van der Waals surface area contributed by atoms with Crippen molar-refractivity contribution in [3.05, 3.63) is 21.9 Å². The molecule has 3 nitrogen and oxygen atoms in total. The van der Waals surface area contributed by atoms with Gasteiger partial charge in [0.15, 0.2) is 0 Å². The Bertz CT molecular complexity index is 483. The zero-order valence-corrected chi connectivity index (χ0v) is 13.2. The van der Waals surface area contributed by atoms with Crippen LogP contribution in [0, 0.1) is 11.8 Å². The highest BCUT2D eigenvalue weighted by molar-refractivity contribution is 7.11. The molecule has 4 heteroatoms. The van der Waals surface area contributed by atoms with Crippen LogP contribution in [-0.2, 0) is 17.8 Å². The highest BCUT2D eigenvalue weighted by atomic mass is 32.1. The van der Waals surface area contributed by atoms with Gasteiger partial charge in [0.2, 0.25) is 5.91 Å². The standard InChI is InChI=1S/C16H24N2OS/c1-11(2)7-14-5-6-15(20-14)10-18-8-12-3-4-13(9-18)17-16(12)19/h5-6,11-13H,3-4,7-10H2,1-2H3,(H,17,19)/t12-,13+/m0/s1. The highest BCUT2D eigenvalue weighted by Gasteiger charge is 2.34. The number of piperidine rings is 1. The van der Waals surface area contributed by atoms with E-state index in [1.165, 1.54) is 16.2 Å². The van der Waals surface area contributed by atoms with Crippen molar-refractivity contribution in [1.29, 1.82) is 0 Å². The lowest BCUT2D eigenvalue weighted by Crippen LogP contribution is -2.43. The minimum absolute atomic E-state index is 0.212. The maximum atomic E-state index is 11.9. The van der Waals surface area contributed by atoms with E-state index in [1.54, 1.807) is 0 Å². The van der Waals surface area contributed by atoms with Gasteiger partial charge in [0.05, 0.1) is 5.92 Å². The summed E-state index contributed by atoms with van der Waals surface area (Å²) < 4.78 is 0. The zero-order valence-electron chi connectivity index (χ0n) is 12.4. The van der Waals surface area contributed by atoms with Crippen LogP contribution in [0.5, 0.6) is 0 Å². The second-order valence-corrected chi connectivity index (χ2v) is 7.89. The molecule has 2 atom stereocenters. The molecule has 3 aliphatic heterocycles. The molecule has 1 aromatic rings. The van der Waals surface area contributed by atoms with Crippen molar-refractivity contribution in [3.8, 4) is 0 Å². The first-order chi connectivity index (χ1) is 9.60. The Kier molecular flexibility index (Phi) is 4.13. The normalized spacial score (nSPS) is 26.9. The Labute approximate surface area is 125 Å². The Balaban J connectivity index is 1.63. The van der Waals surface area contributed by atoms with Crippen molar-refractivity contribution in [2.75, 3.05) is 13.1 Å². The van der Waals surface area contributed by atoms with Gasteiger partial charge < -0.3 is 5.32 Å². The second kappa shape index (κ2) is 5.86. The molecule has 3 aliphatic rings. The van der Waals surface area contributed by atoms with Gasteiger partial charge in [-0.2, -0.15) is 0 Å². The summed E-state index contributed by atoms with van der Waals surface area (Å²) in [6, 6.07) is 4.91. The minimum atomic E-state index is 0.212. The molecular weight excluding hydrogens is 268 g/mol. The number of nitrogens with one attached hydrogen (secondary N) is 1. The van der Waals surface area contributed by atoms with Crippen molar-refractivity contribution in [1.82, 2.24) is 10.2 Å². The van der Waals surface area contributed by atoms with Crippen LogP contribution in [0.1, 0.15) is 36.4 Å². The van der Waals surface area contributed by atoms with Crippen molar-refractivity contribution in [2.45, 2.75) is 45.7 Å². The highest BCUT2D eigenvalue weighted by Crippen LogP contribution is 2.26. The van der Waals surface area contributed by atoms with Gasteiger partial charge in [0, 0.05) is 35.4 Å². The van der Waals surface area contributed by atoms with Gasteiger partial charge in [-0.1, -0.05) is 13.8 Å². The van der Waals surface area contributed by atoms with Gasteiger partial charge in [0.1, 0.15) is 0 Å². The molecule has 110 valence electrons. The smallest absolute Gasteiger partial charge is 0.224 e. The fraction of sp³-hybridized carbons (Fsp3) is 0.688. The molecule has 1 N–H and O–H groups in total. The zero-order chi connectivity index (χ0) is 14.1. The Hall–Kier alpha value is -0.870. The molecule has 4 heterocycles. The topological polar surface area (TPSA) is 32.3 Å². The summed E-state index contributed by atoms with van der Waals surface area (Å²) in [4.78, 5) is 17.3. The molecule has 0 unspecified atom stereocenters. The van der Waals surface area contributed by atoms with E-state index >= 15 is 0 Å². The van der Waals surface area contributed by atoms with Crippen molar-refractivity contribution >= 4 is 17.2 Å². The van der Waals surface area contributed by atoms with E-state index in [2.05, 4.69) is 36.2 Å². The molecule has 2 bridgehead atoms. The van der Waals surface area contributed by atoms with Crippen molar-refractivity contribution < 1.29 is 4.79 Å². The number of carbonyl (C=O) groups excluding carboxylic acids is 1. The molecular formula is C16H24N2OS. The van der Waals surface area contributed by atoms with E-state index in [4.69, 9.17) is 0 Å². The van der Waals surface area contributed by atoms with Crippen LogP contribution in [0.15, 0.2) is 12.1 Å². The summed E-state index contributed by atoms with van der Waals surface area (Å²) in [5.41, 5.74) is 0. The van der Waals surface area contributed by atoms with E-state index in [-0.39, 0.29) is 11.8 Å². The van der Waals surface area contributed by atoms with Crippen LogP contribution in [0.3, 0.4) is 0 Å². The summed E-state index contributed by atoms with van der Waals surface area (Å²) in [6.45, 7) is 7.48. The maximum Gasteiger partial charge on any atom is 0.224 e. The maximum absolute atomic E-state index is 11.9. The number of hydrogen-bond acceptors (Lipinski definition) is 3. The predicted octanol–water partition coefficient (Wildman–Crippen LogP) is 2.66. The molecule has 0 aliphatic carbocycles. The van der Waals surface area contributed by atoms with Gasteiger partial charge in [-0.3, -0.25) is 9.69 Å². The van der Waals surface area contributed by atoms with Crippen LogP contribution in [0.2, 0.25) is 0 Å². The first-order valence-corrected chi connectivity index (χ1v) is 8.52. The first-order valence-electron chi connectivity index (χ1n) is 7.70. The number of carbonyl (C=O) groups is 1. The fourth-order valence-electron chi connectivity index (χ4n) is 3.30. The summed E-state index contributed by atoms with van der Waals surface area (Å²) in [7, 11) is 0. The van der Waals surface area contributed by atoms with Crippen LogP contribution < -0.4 is 5.32 Å². The van der Waals surface area contributed by atoms with E-state index < -0.39 is 0 Å². The second-order valence-electron chi connectivity index (χ2n) is 6.64. The minimum Gasteiger partial charge on any atom is -0.352 e. The molecule has 0 aromatic carbocycles. The molecule has 0 spiro atoms. The number of hydrogen-bond donors (Lipinski definition) is 1. The quantitative estimate of drug-likeness (QED) is 0.925. The number of amides is 1. The number of rotatable bonds is 4. The van der Waals surface area contributed by atoms with Crippen LogP contribution in [-0.4, -0.2) is 29.9 Å². The predicted molar refractivity (Wildman–Crippen MR) is 82.8 cm³/mol. The van der Waals surface area contributed by atoms with E-state index in [0.29, 0.717) is 6.04 Å². The fourth-order valence-corrected chi connectivity index (χ4v) is 4.58. The Morgan fingerprint density at radius 3 is 2.85 bits per heavy atom. The Morgan fingerprint density at radius 2 is 2.10 bits per heavy atom. The summed E-state index contributed by atoms with van der Waals surface area (Å²) in [5, 5.41) is 3.15. The average Bonchev–Trinajstić information content (AvgIpc) is 2.62. The van der Waals surface area contributed by atoms with E-state index in [9.17, 15) is 4.79 Å². The molecule has 3 fully saturated rings. The third kappa shape index (κ3) is 3.23. The summed E-state index contributed by atoms with van der Waals surface area (Å²) >= 11 is 1.94. The first kappa shape index (κ1) is 14.1. The van der Waals surface area contributed by atoms with Crippen LogP contribution >= 0.6 is 11.3 Å². The number of nitrogens with zero attached hydrogens (tertiary/aromatic N) is 1. The molecule has 1 aromatic heterocycles. The lowest BCUT2D eigenvalue weighted by molar-refractivity contribution is -0.126. The average molecular weight is 292 g/mol. The van der Waals surface area contributed by atoms with Gasteiger partial charge in [0.25, 0.3) is 0 Å². The van der Waals surface area contributed by atoms with E-state index in [0.717, 1.165) is 38.4 Å². The Morgan fingerprint density at radius 1 is 1.30 bits per heavy atom. The molecule has 3 saturated heterocycles. The summed E-state index contributed by atoms with van der Waals surface area (Å²) in [5.74, 6) is 1.21. The molecule has 4 rings (SSSR count). The van der Waals surface area contributed by atoms with Gasteiger partial charge in [-0.25, -0.2) is 0 Å². The number of fused-ring (bicyclic) bond motifs is 4. The lowest BCUT2D eigenvalue weighted by atomic mass is 9.96. The van der Waals surface area contributed by atoms with Gasteiger partial charge in [-0.15, -0.1) is 11.3 Å².